The van der Waals surface area contributed by atoms with E-state index in [4.69, 9.17) is 4.74 Å². The number of methoxy groups -OCH3 is 1. The number of aromatic nitrogens is 3. The molecular formula is C18H27FN6O. The lowest BCUT2D eigenvalue weighted by Gasteiger charge is -2.12. The Labute approximate surface area is 153 Å². The van der Waals surface area contributed by atoms with E-state index in [9.17, 15) is 4.39 Å². The fourth-order valence-electron chi connectivity index (χ4n) is 2.54. The third kappa shape index (κ3) is 5.80. The summed E-state index contributed by atoms with van der Waals surface area (Å²) >= 11 is 0. The van der Waals surface area contributed by atoms with Gasteiger partial charge in [0.15, 0.2) is 5.96 Å². The summed E-state index contributed by atoms with van der Waals surface area (Å²) in [4.78, 5) is 4.57. The van der Waals surface area contributed by atoms with E-state index in [0.29, 0.717) is 18.7 Å². The zero-order chi connectivity index (χ0) is 18.8. The number of hydrogen-bond donors (Lipinski definition) is 2. The fourth-order valence-corrected chi connectivity index (χ4v) is 2.54. The minimum atomic E-state index is -0.259. The molecule has 2 rings (SSSR count). The van der Waals surface area contributed by atoms with Crippen molar-refractivity contribution in [1.82, 2.24) is 25.4 Å². The van der Waals surface area contributed by atoms with Gasteiger partial charge in [-0.3, -0.25) is 0 Å². The van der Waals surface area contributed by atoms with E-state index in [1.165, 1.54) is 6.07 Å². The predicted octanol–water partition coefficient (Wildman–Crippen LogP) is 1.88. The van der Waals surface area contributed by atoms with Gasteiger partial charge in [-0.05, 0) is 24.6 Å². The Morgan fingerprint density at radius 2 is 2.15 bits per heavy atom. The SMILES string of the molecule is CCNC(=NCc1ccc(F)c(COC)c1)NCCn1cnnc1CC. The maximum absolute atomic E-state index is 13.7. The molecule has 1 aromatic carbocycles. The normalized spacial score (nSPS) is 11.6. The Hall–Kier alpha value is -2.48. The number of aryl methyl sites for hydroxylation is 1. The summed E-state index contributed by atoms with van der Waals surface area (Å²) in [5.41, 5.74) is 1.47. The van der Waals surface area contributed by atoms with Crippen molar-refractivity contribution in [2.24, 2.45) is 4.99 Å². The van der Waals surface area contributed by atoms with Crippen molar-refractivity contribution in [2.75, 3.05) is 20.2 Å². The molecule has 0 atom stereocenters. The summed E-state index contributed by atoms with van der Waals surface area (Å²) in [6, 6.07) is 4.99. The minimum absolute atomic E-state index is 0.250. The van der Waals surface area contributed by atoms with Crippen LogP contribution >= 0.6 is 0 Å². The summed E-state index contributed by atoms with van der Waals surface area (Å²) in [5.74, 6) is 1.42. The molecule has 1 aromatic heterocycles. The maximum Gasteiger partial charge on any atom is 0.191 e. The molecule has 2 aromatic rings. The van der Waals surface area contributed by atoms with Crippen molar-refractivity contribution in [3.05, 3.63) is 47.3 Å². The lowest BCUT2D eigenvalue weighted by Crippen LogP contribution is -2.38. The summed E-state index contributed by atoms with van der Waals surface area (Å²) in [6.07, 6.45) is 2.59. The molecule has 0 aliphatic rings. The summed E-state index contributed by atoms with van der Waals surface area (Å²) in [7, 11) is 1.55. The molecule has 0 radical (unpaired) electrons. The highest BCUT2D eigenvalue weighted by Gasteiger charge is 2.05. The van der Waals surface area contributed by atoms with Gasteiger partial charge in [-0.1, -0.05) is 13.0 Å². The molecule has 0 bridgehead atoms. The van der Waals surface area contributed by atoms with Crippen molar-refractivity contribution in [3.63, 3.8) is 0 Å². The Morgan fingerprint density at radius 3 is 2.88 bits per heavy atom. The molecule has 8 heteroatoms. The first kappa shape index (κ1) is 19.8. The first-order chi connectivity index (χ1) is 12.7. The number of nitrogens with one attached hydrogen (secondary N) is 2. The van der Waals surface area contributed by atoms with Gasteiger partial charge in [0.25, 0.3) is 0 Å². The highest BCUT2D eigenvalue weighted by atomic mass is 19.1. The second kappa shape index (κ2) is 10.5. The lowest BCUT2D eigenvalue weighted by molar-refractivity contribution is 0.181. The van der Waals surface area contributed by atoms with Crippen LogP contribution in [0.1, 0.15) is 30.8 Å². The molecule has 2 N–H and O–H groups in total. The fraction of sp³-hybridized carbons (Fsp3) is 0.500. The van der Waals surface area contributed by atoms with Crippen LogP contribution < -0.4 is 10.6 Å². The molecule has 1 heterocycles. The van der Waals surface area contributed by atoms with Gasteiger partial charge in [0, 0.05) is 38.7 Å². The quantitative estimate of drug-likeness (QED) is 0.526. The van der Waals surface area contributed by atoms with Crippen LogP contribution in [0.4, 0.5) is 4.39 Å². The van der Waals surface area contributed by atoms with Crippen molar-refractivity contribution in [2.45, 2.75) is 40.0 Å². The molecule has 142 valence electrons. The largest absolute Gasteiger partial charge is 0.380 e. The van der Waals surface area contributed by atoms with Crippen molar-refractivity contribution < 1.29 is 9.13 Å². The topological polar surface area (TPSA) is 76.4 Å². The van der Waals surface area contributed by atoms with E-state index < -0.39 is 0 Å². The highest BCUT2D eigenvalue weighted by Crippen LogP contribution is 2.12. The van der Waals surface area contributed by atoms with E-state index in [2.05, 4.69) is 32.7 Å². The van der Waals surface area contributed by atoms with Crippen LogP contribution in [-0.4, -0.2) is 40.9 Å². The molecule has 0 aliphatic carbocycles. The maximum atomic E-state index is 13.7. The van der Waals surface area contributed by atoms with Gasteiger partial charge in [-0.25, -0.2) is 9.38 Å². The third-order valence-electron chi connectivity index (χ3n) is 3.83. The zero-order valence-electron chi connectivity index (χ0n) is 15.6. The molecule has 0 unspecified atom stereocenters. The summed E-state index contributed by atoms with van der Waals surface area (Å²) in [6.45, 7) is 7.00. The Balaban J connectivity index is 1.94. The molecule has 0 amide bonds. The van der Waals surface area contributed by atoms with E-state index in [-0.39, 0.29) is 12.4 Å². The van der Waals surface area contributed by atoms with E-state index >= 15 is 0 Å². The second-order valence-electron chi connectivity index (χ2n) is 5.77. The molecule has 26 heavy (non-hydrogen) atoms. The smallest absolute Gasteiger partial charge is 0.191 e. The Kier molecular flexibility index (Phi) is 8.01. The van der Waals surface area contributed by atoms with Crippen molar-refractivity contribution in [1.29, 1.82) is 0 Å². The zero-order valence-corrected chi connectivity index (χ0v) is 15.6. The van der Waals surface area contributed by atoms with Gasteiger partial charge in [-0.2, -0.15) is 0 Å². The number of halogens is 1. The average Bonchev–Trinajstić information content (AvgIpc) is 3.10. The van der Waals surface area contributed by atoms with Gasteiger partial charge >= 0.3 is 0 Å². The summed E-state index contributed by atoms with van der Waals surface area (Å²) in [5, 5.41) is 14.5. The Bertz CT molecular complexity index is 715. The molecule has 7 nitrogen and oxygen atoms in total. The van der Waals surface area contributed by atoms with E-state index in [1.807, 2.05) is 11.5 Å². The van der Waals surface area contributed by atoms with Crippen molar-refractivity contribution in [3.8, 4) is 0 Å². The molecule has 0 fully saturated rings. The molecule has 0 aliphatic heterocycles. The molecule has 0 saturated heterocycles. The number of aliphatic imine (C=N–C) groups is 1. The van der Waals surface area contributed by atoms with Crippen LogP contribution in [0.2, 0.25) is 0 Å². The first-order valence-electron chi connectivity index (χ1n) is 8.83. The number of nitrogens with zero attached hydrogens (tertiary/aromatic N) is 4. The van der Waals surface area contributed by atoms with Crippen LogP contribution in [0.5, 0.6) is 0 Å². The standard InChI is InChI=1S/C18H27FN6O/c1-4-17-24-23-13-25(17)9-8-21-18(20-5-2)22-11-14-6-7-16(19)15(10-14)12-26-3/h6-7,10,13H,4-5,8-9,11-12H2,1-3H3,(H2,20,21,22). The average molecular weight is 362 g/mol. The van der Waals surface area contributed by atoms with Crippen LogP contribution in [0.15, 0.2) is 29.5 Å². The predicted molar refractivity (Wildman–Crippen MR) is 99.3 cm³/mol. The van der Waals surface area contributed by atoms with Crippen LogP contribution in [-0.2, 0) is 30.9 Å². The second-order valence-corrected chi connectivity index (χ2v) is 5.77. The highest BCUT2D eigenvalue weighted by molar-refractivity contribution is 5.79. The lowest BCUT2D eigenvalue weighted by atomic mass is 10.1. The molecular weight excluding hydrogens is 335 g/mol. The van der Waals surface area contributed by atoms with Crippen molar-refractivity contribution >= 4 is 5.96 Å². The van der Waals surface area contributed by atoms with Crippen LogP contribution in [0.25, 0.3) is 0 Å². The first-order valence-corrected chi connectivity index (χ1v) is 8.83. The number of rotatable bonds is 9. The van der Waals surface area contributed by atoms with Gasteiger partial charge in [0.05, 0.1) is 13.2 Å². The molecule has 0 spiro atoms. The number of ether oxygens (including phenoxy) is 1. The number of hydrogen-bond acceptors (Lipinski definition) is 4. The third-order valence-corrected chi connectivity index (χ3v) is 3.83. The van der Waals surface area contributed by atoms with Crippen LogP contribution in [0.3, 0.4) is 0 Å². The summed E-state index contributed by atoms with van der Waals surface area (Å²) < 4.78 is 20.7. The van der Waals surface area contributed by atoms with Crippen LogP contribution in [0, 0.1) is 5.82 Å². The van der Waals surface area contributed by atoms with Gasteiger partial charge in [-0.15, -0.1) is 10.2 Å². The monoisotopic (exact) mass is 362 g/mol. The Morgan fingerprint density at radius 1 is 1.31 bits per heavy atom. The number of benzene rings is 1. The van der Waals surface area contributed by atoms with E-state index in [1.54, 1.807) is 25.6 Å². The van der Waals surface area contributed by atoms with Gasteiger partial charge in [0.1, 0.15) is 18.0 Å². The van der Waals surface area contributed by atoms with Gasteiger partial charge < -0.3 is 19.9 Å². The minimum Gasteiger partial charge on any atom is -0.380 e. The van der Waals surface area contributed by atoms with E-state index in [0.717, 1.165) is 36.9 Å². The number of guanidine groups is 1. The molecule has 0 saturated carbocycles. The van der Waals surface area contributed by atoms with Gasteiger partial charge in [0.2, 0.25) is 0 Å².